The van der Waals surface area contributed by atoms with Gasteiger partial charge in [0, 0.05) is 30.8 Å². The van der Waals surface area contributed by atoms with Gasteiger partial charge in [-0.2, -0.15) is 0 Å². The number of pyridine rings is 1. The number of carbonyl (C=O) groups is 1. The fraction of sp³-hybridized carbons (Fsp3) is 0.440. The predicted octanol–water partition coefficient (Wildman–Crippen LogP) is 5.71. The fourth-order valence-electron chi connectivity index (χ4n) is 3.82. The van der Waals surface area contributed by atoms with Crippen LogP contribution in [-0.2, 0) is 14.3 Å². The van der Waals surface area contributed by atoms with E-state index in [0.717, 1.165) is 11.1 Å². The Bertz CT molecular complexity index is 1030. The molecule has 34 heavy (non-hydrogen) atoms. The second-order valence-electron chi connectivity index (χ2n) is 8.84. The maximum Gasteiger partial charge on any atom is 0.303 e. The summed E-state index contributed by atoms with van der Waals surface area (Å²) in [6.07, 6.45) is 7.69. The zero-order valence-electron chi connectivity index (χ0n) is 19.5. The molecular weight excluding hydrogens is 456 g/mol. The molecule has 0 bridgehead atoms. The summed E-state index contributed by atoms with van der Waals surface area (Å²) >= 11 is 1.36. The topological polar surface area (TPSA) is 112 Å². The second kappa shape index (κ2) is 11.6. The third-order valence-corrected chi connectivity index (χ3v) is 6.84. The van der Waals surface area contributed by atoms with Crippen molar-refractivity contribution in [2.45, 2.75) is 62.1 Å². The molecule has 0 saturated carbocycles. The number of aryl methyl sites for hydroxylation is 1. The predicted molar refractivity (Wildman–Crippen MR) is 130 cm³/mol. The molecule has 1 fully saturated rings. The van der Waals surface area contributed by atoms with E-state index in [1.807, 2.05) is 51.1 Å². The SMILES string of the molecule is Cc1ccc(SC(C)(C)C2OCC(C/C=C\CCC(=O)O)C(c3cccnc3)O2)c([N+](=O)[O-])c1. The highest BCUT2D eigenvalue weighted by Gasteiger charge is 2.42. The first-order chi connectivity index (χ1) is 16.2. The van der Waals surface area contributed by atoms with Crippen molar-refractivity contribution < 1.29 is 24.3 Å². The first kappa shape index (κ1) is 25.9. The Morgan fingerprint density at radius 1 is 1.35 bits per heavy atom. The smallest absolute Gasteiger partial charge is 0.303 e. The van der Waals surface area contributed by atoms with Crippen LogP contribution in [0.5, 0.6) is 0 Å². The third-order valence-electron chi connectivity index (χ3n) is 5.56. The van der Waals surface area contributed by atoms with Crippen LogP contribution in [0.25, 0.3) is 0 Å². The van der Waals surface area contributed by atoms with Crippen LogP contribution in [0.2, 0.25) is 0 Å². The molecule has 0 spiro atoms. The normalized spacial score (nSPS) is 21.0. The number of hydrogen-bond acceptors (Lipinski definition) is 7. The number of aromatic nitrogens is 1. The minimum absolute atomic E-state index is 0.0241. The number of nitro benzene ring substituents is 1. The number of aliphatic carboxylic acids is 1. The van der Waals surface area contributed by atoms with E-state index in [1.165, 1.54) is 11.8 Å². The Labute approximate surface area is 203 Å². The van der Waals surface area contributed by atoms with Crippen molar-refractivity contribution in [1.82, 2.24) is 4.98 Å². The van der Waals surface area contributed by atoms with Crippen molar-refractivity contribution >= 4 is 23.4 Å². The summed E-state index contributed by atoms with van der Waals surface area (Å²) in [6, 6.07) is 9.03. The van der Waals surface area contributed by atoms with E-state index < -0.39 is 17.0 Å². The molecule has 8 nitrogen and oxygen atoms in total. The van der Waals surface area contributed by atoms with Crippen LogP contribution in [0.4, 0.5) is 5.69 Å². The summed E-state index contributed by atoms with van der Waals surface area (Å²) in [5.41, 5.74) is 1.83. The van der Waals surface area contributed by atoms with E-state index >= 15 is 0 Å². The highest BCUT2D eigenvalue weighted by atomic mass is 32.2. The van der Waals surface area contributed by atoms with E-state index in [1.54, 1.807) is 24.5 Å². The van der Waals surface area contributed by atoms with Crippen LogP contribution in [0.1, 0.15) is 50.3 Å². The number of carboxylic acids is 1. The Hall–Kier alpha value is -2.75. The largest absolute Gasteiger partial charge is 0.481 e. The maximum absolute atomic E-state index is 11.6. The molecule has 182 valence electrons. The second-order valence-corrected chi connectivity index (χ2v) is 10.5. The summed E-state index contributed by atoms with van der Waals surface area (Å²) in [7, 11) is 0. The van der Waals surface area contributed by atoms with Crippen LogP contribution in [-0.4, -0.2) is 38.6 Å². The first-order valence-electron chi connectivity index (χ1n) is 11.1. The Morgan fingerprint density at radius 2 is 2.15 bits per heavy atom. The van der Waals surface area contributed by atoms with Gasteiger partial charge in [0.05, 0.1) is 27.3 Å². The standard InChI is InChI=1S/C25H30N2O6S/c1-17-11-12-21(20(14-17)27(30)31)34-25(2,3)24-32-16-19(8-5-4-6-10-22(28)29)23(33-24)18-9-7-13-26-15-18/h4-5,7,9,11-15,19,23-24H,6,8,10,16H2,1-3H3,(H,28,29)/b5-4-. The van der Waals surface area contributed by atoms with E-state index in [2.05, 4.69) is 4.98 Å². The maximum atomic E-state index is 11.6. The molecule has 1 aromatic heterocycles. The van der Waals surface area contributed by atoms with Crippen molar-refractivity contribution in [2.75, 3.05) is 6.61 Å². The van der Waals surface area contributed by atoms with Crippen molar-refractivity contribution in [2.24, 2.45) is 5.92 Å². The lowest BCUT2D eigenvalue weighted by Gasteiger charge is -2.42. The molecule has 0 amide bonds. The van der Waals surface area contributed by atoms with E-state index in [9.17, 15) is 14.9 Å². The molecule has 9 heteroatoms. The first-order valence-corrected chi connectivity index (χ1v) is 12.0. The monoisotopic (exact) mass is 486 g/mol. The summed E-state index contributed by atoms with van der Waals surface area (Å²) in [6.45, 7) is 6.18. The number of allylic oxidation sites excluding steroid dienone is 2. The number of nitrogens with zero attached hydrogens (tertiary/aromatic N) is 2. The van der Waals surface area contributed by atoms with Gasteiger partial charge >= 0.3 is 5.97 Å². The Morgan fingerprint density at radius 3 is 2.82 bits per heavy atom. The average Bonchev–Trinajstić information content (AvgIpc) is 2.80. The van der Waals surface area contributed by atoms with E-state index in [-0.39, 0.29) is 29.1 Å². The molecule has 1 saturated heterocycles. The molecule has 3 unspecified atom stereocenters. The summed E-state index contributed by atoms with van der Waals surface area (Å²) in [5, 5.41) is 20.4. The molecule has 0 radical (unpaired) electrons. The average molecular weight is 487 g/mol. The quantitative estimate of drug-likeness (QED) is 0.197. The lowest BCUT2D eigenvalue weighted by atomic mass is 9.92. The Balaban J connectivity index is 1.76. The lowest BCUT2D eigenvalue weighted by Crippen LogP contribution is -2.45. The molecule has 2 aromatic rings. The summed E-state index contributed by atoms with van der Waals surface area (Å²) < 4.78 is 12.0. The number of thioether (sulfide) groups is 1. The number of carboxylic acid groups (broad SMARTS) is 1. The van der Waals surface area contributed by atoms with Gasteiger partial charge in [0.25, 0.3) is 5.69 Å². The molecule has 2 heterocycles. The van der Waals surface area contributed by atoms with E-state index in [4.69, 9.17) is 14.6 Å². The van der Waals surface area contributed by atoms with Crippen LogP contribution >= 0.6 is 11.8 Å². The van der Waals surface area contributed by atoms with Crippen molar-refractivity contribution in [3.8, 4) is 0 Å². The molecule has 0 aliphatic carbocycles. The lowest BCUT2D eigenvalue weighted by molar-refractivity contribution is -0.387. The molecule has 1 aliphatic heterocycles. The van der Waals surface area contributed by atoms with Gasteiger partial charge in [0.1, 0.15) is 0 Å². The van der Waals surface area contributed by atoms with Gasteiger partial charge in [0.2, 0.25) is 0 Å². The van der Waals surface area contributed by atoms with Crippen LogP contribution in [0.15, 0.2) is 59.8 Å². The Kier molecular flexibility index (Phi) is 8.82. The molecule has 3 atom stereocenters. The highest BCUT2D eigenvalue weighted by Crippen LogP contribution is 2.45. The summed E-state index contributed by atoms with van der Waals surface area (Å²) in [5.74, 6) is -0.797. The number of nitro groups is 1. The van der Waals surface area contributed by atoms with Gasteiger partial charge < -0.3 is 14.6 Å². The van der Waals surface area contributed by atoms with E-state index in [0.29, 0.717) is 24.3 Å². The molecule has 1 N–H and O–H groups in total. The fourth-order valence-corrected chi connectivity index (χ4v) is 4.98. The highest BCUT2D eigenvalue weighted by molar-refractivity contribution is 8.00. The van der Waals surface area contributed by atoms with Gasteiger partial charge in [0.15, 0.2) is 6.29 Å². The minimum atomic E-state index is -0.821. The van der Waals surface area contributed by atoms with Crippen LogP contribution < -0.4 is 0 Å². The van der Waals surface area contributed by atoms with Crippen LogP contribution in [0.3, 0.4) is 0 Å². The van der Waals surface area contributed by atoms with Crippen molar-refractivity contribution in [1.29, 1.82) is 0 Å². The van der Waals surface area contributed by atoms with Gasteiger partial charge in [-0.3, -0.25) is 19.9 Å². The molecule has 3 rings (SSSR count). The number of hydrogen-bond donors (Lipinski definition) is 1. The van der Waals surface area contributed by atoms with Crippen LogP contribution in [0, 0.1) is 23.0 Å². The molecule has 1 aliphatic rings. The number of rotatable bonds is 10. The van der Waals surface area contributed by atoms with Crippen molar-refractivity contribution in [3.63, 3.8) is 0 Å². The van der Waals surface area contributed by atoms with Gasteiger partial charge in [-0.1, -0.05) is 24.3 Å². The zero-order valence-corrected chi connectivity index (χ0v) is 20.4. The molecule has 1 aromatic carbocycles. The minimum Gasteiger partial charge on any atom is -0.481 e. The van der Waals surface area contributed by atoms with Gasteiger partial charge in [-0.05, 0) is 56.9 Å². The zero-order chi connectivity index (χ0) is 24.7. The molecular formula is C25H30N2O6S. The van der Waals surface area contributed by atoms with Gasteiger partial charge in [-0.25, -0.2) is 0 Å². The van der Waals surface area contributed by atoms with Gasteiger partial charge in [-0.15, -0.1) is 11.8 Å². The third kappa shape index (κ3) is 6.88. The number of ether oxygens (including phenoxy) is 2. The number of benzene rings is 1. The van der Waals surface area contributed by atoms with Crippen molar-refractivity contribution in [3.05, 3.63) is 76.1 Å². The summed E-state index contributed by atoms with van der Waals surface area (Å²) in [4.78, 5) is 26.7.